The molecular formula is C24H27N. The summed E-state index contributed by atoms with van der Waals surface area (Å²) in [6.45, 7) is 7.74. The van der Waals surface area contributed by atoms with Gasteiger partial charge in [-0.25, -0.2) is 0 Å². The highest BCUT2D eigenvalue weighted by Gasteiger charge is 2.55. The summed E-state index contributed by atoms with van der Waals surface area (Å²) in [4.78, 5) is 0. The monoisotopic (exact) mass is 329 g/mol. The van der Waals surface area contributed by atoms with Gasteiger partial charge in [-0.3, -0.25) is 0 Å². The van der Waals surface area contributed by atoms with E-state index in [9.17, 15) is 0 Å². The van der Waals surface area contributed by atoms with Gasteiger partial charge in [-0.2, -0.15) is 0 Å². The van der Waals surface area contributed by atoms with E-state index in [1.165, 1.54) is 34.3 Å². The normalized spacial score (nSPS) is 28.2. The first-order valence-electron chi connectivity index (χ1n) is 9.39. The number of hydrogen-bond acceptors (Lipinski definition) is 1. The predicted molar refractivity (Wildman–Crippen MR) is 107 cm³/mol. The molecule has 0 spiro atoms. The highest BCUT2D eigenvalue weighted by atomic mass is 14.6. The fourth-order valence-electron chi connectivity index (χ4n) is 5.48. The lowest BCUT2D eigenvalue weighted by Crippen LogP contribution is -2.29. The maximum Gasteiger partial charge on any atom is 0.0242 e. The van der Waals surface area contributed by atoms with Crippen molar-refractivity contribution in [2.45, 2.75) is 26.2 Å². The number of rotatable bonds is 4. The first-order valence-corrected chi connectivity index (χ1v) is 9.39. The highest BCUT2D eigenvalue weighted by molar-refractivity contribution is 5.90. The second-order valence-corrected chi connectivity index (χ2v) is 7.68. The fraction of sp³-hybridized carbons (Fsp3) is 0.333. The Morgan fingerprint density at radius 2 is 1.72 bits per heavy atom. The van der Waals surface area contributed by atoms with Crippen molar-refractivity contribution in [1.29, 1.82) is 0 Å². The Hall–Kier alpha value is -2.12. The minimum Gasteiger partial charge on any atom is -0.330 e. The van der Waals surface area contributed by atoms with Gasteiger partial charge in [0.1, 0.15) is 0 Å². The Labute approximate surface area is 151 Å². The quantitative estimate of drug-likeness (QED) is 0.782. The van der Waals surface area contributed by atoms with E-state index in [-0.39, 0.29) is 5.41 Å². The first-order chi connectivity index (χ1) is 12.2. The Morgan fingerprint density at radius 3 is 2.36 bits per heavy atom. The molecule has 2 aliphatic carbocycles. The summed E-state index contributed by atoms with van der Waals surface area (Å²) in [5.41, 5.74) is 13.2. The zero-order chi connectivity index (χ0) is 17.4. The zero-order valence-corrected chi connectivity index (χ0v) is 15.0. The maximum absolute atomic E-state index is 6.17. The van der Waals surface area contributed by atoms with Crippen LogP contribution in [-0.4, -0.2) is 6.54 Å². The molecule has 0 aliphatic heterocycles. The van der Waals surface area contributed by atoms with Crippen LogP contribution in [0.3, 0.4) is 0 Å². The van der Waals surface area contributed by atoms with Crippen LogP contribution in [0.2, 0.25) is 0 Å². The molecule has 1 unspecified atom stereocenters. The maximum atomic E-state index is 6.17. The molecule has 1 heteroatoms. The molecule has 4 rings (SSSR count). The molecule has 0 aromatic heterocycles. The lowest BCUT2D eigenvalue weighted by molar-refractivity contribution is 0.327. The first kappa shape index (κ1) is 16.4. The van der Waals surface area contributed by atoms with Crippen LogP contribution >= 0.6 is 0 Å². The molecule has 3 atom stereocenters. The van der Waals surface area contributed by atoms with E-state index in [0.29, 0.717) is 11.8 Å². The molecule has 0 bridgehead atoms. The van der Waals surface area contributed by atoms with Crippen molar-refractivity contribution in [3.05, 3.63) is 83.9 Å². The van der Waals surface area contributed by atoms with Gasteiger partial charge in [-0.15, -0.1) is 0 Å². The molecule has 128 valence electrons. The molecule has 1 saturated carbocycles. The van der Waals surface area contributed by atoms with E-state index in [1.54, 1.807) is 0 Å². The van der Waals surface area contributed by atoms with Crippen LogP contribution < -0.4 is 5.73 Å². The molecule has 1 fully saturated rings. The van der Waals surface area contributed by atoms with Crippen molar-refractivity contribution in [1.82, 2.24) is 0 Å². The summed E-state index contributed by atoms with van der Waals surface area (Å²) in [7, 11) is 0. The van der Waals surface area contributed by atoms with Crippen molar-refractivity contribution in [3.63, 3.8) is 0 Å². The van der Waals surface area contributed by atoms with Crippen LogP contribution in [0.25, 0.3) is 11.1 Å². The van der Waals surface area contributed by atoms with E-state index in [2.05, 4.69) is 74.2 Å². The summed E-state index contributed by atoms with van der Waals surface area (Å²) in [5, 5.41) is 0. The summed E-state index contributed by atoms with van der Waals surface area (Å²) in [5.74, 6) is 1.18. The van der Waals surface area contributed by atoms with Gasteiger partial charge in [-0.05, 0) is 66.8 Å². The smallest absolute Gasteiger partial charge is 0.0242 e. The van der Waals surface area contributed by atoms with Gasteiger partial charge in [0, 0.05) is 5.41 Å². The molecule has 0 heterocycles. The molecule has 0 radical (unpaired) electrons. The molecular weight excluding hydrogens is 302 g/mol. The van der Waals surface area contributed by atoms with Gasteiger partial charge in [0.25, 0.3) is 0 Å². The largest absolute Gasteiger partial charge is 0.330 e. The van der Waals surface area contributed by atoms with Crippen molar-refractivity contribution >= 4 is 11.1 Å². The van der Waals surface area contributed by atoms with Gasteiger partial charge in [-0.1, -0.05) is 72.8 Å². The Kier molecular flexibility index (Phi) is 4.13. The molecule has 2 aromatic rings. The summed E-state index contributed by atoms with van der Waals surface area (Å²) >= 11 is 0. The van der Waals surface area contributed by atoms with Crippen LogP contribution in [0.15, 0.2) is 72.8 Å². The van der Waals surface area contributed by atoms with Crippen molar-refractivity contribution < 1.29 is 0 Å². The van der Waals surface area contributed by atoms with E-state index in [4.69, 9.17) is 5.73 Å². The van der Waals surface area contributed by atoms with Crippen molar-refractivity contribution in [3.8, 4) is 0 Å². The molecule has 2 N–H and O–H groups in total. The fourth-order valence-corrected chi connectivity index (χ4v) is 5.48. The number of nitrogens with two attached hydrogens (primary N) is 1. The SMILES string of the molecule is C=C(c1ccccc1)[C@@]12CC[C@@H](CN)C1CC(C)=C2c1ccccc1. The van der Waals surface area contributed by atoms with Crippen LogP contribution in [-0.2, 0) is 0 Å². The lowest BCUT2D eigenvalue weighted by atomic mass is 9.65. The molecule has 2 aromatic carbocycles. The topological polar surface area (TPSA) is 26.0 Å². The molecule has 0 saturated heterocycles. The van der Waals surface area contributed by atoms with E-state index >= 15 is 0 Å². The number of fused-ring (bicyclic) bond motifs is 1. The summed E-state index contributed by atoms with van der Waals surface area (Å²) in [6, 6.07) is 21.7. The van der Waals surface area contributed by atoms with Gasteiger partial charge in [0.15, 0.2) is 0 Å². The lowest BCUT2D eigenvalue weighted by Gasteiger charge is -2.37. The Balaban J connectivity index is 1.88. The average Bonchev–Trinajstić information content (AvgIpc) is 3.15. The van der Waals surface area contributed by atoms with Gasteiger partial charge >= 0.3 is 0 Å². The third-order valence-electron chi connectivity index (χ3n) is 6.54. The summed E-state index contributed by atoms with van der Waals surface area (Å²) in [6.07, 6.45) is 3.52. The van der Waals surface area contributed by atoms with Gasteiger partial charge < -0.3 is 5.73 Å². The van der Waals surface area contributed by atoms with E-state index in [1.807, 2.05) is 0 Å². The number of benzene rings is 2. The molecule has 2 aliphatic rings. The third kappa shape index (κ3) is 2.41. The standard InChI is InChI=1S/C24H27N/c1-17-15-22-21(16-25)13-14-24(22,18(2)19-9-5-3-6-10-19)23(17)20-11-7-4-8-12-20/h3-12,21-22H,2,13-16,25H2,1H3/t21-,22?,24-/m0/s1. The molecule has 0 amide bonds. The summed E-state index contributed by atoms with van der Waals surface area (Å²) < 4.78 is 0. The third-order valence-corrected chi connectivity index (χ3v) is 6.54. The van der Waals surface area contributed by atoms with Crippen molar-refractivity contribution in [2.24, 2.45) is 23.0 Å². The van der Waals surface area contributed by atoms with Crippen molar-refractivity contribution in [2.75, 3.05) is 6.54 Å². The van der Waals surface area contributed by atoms with Gasteiger partial charge in [0.05, 0.1) is 0 Å². The van der Waals surface area contributed by atoms with E-state index < -0.39 is 0 Å². The average molecular weight is 329 g/mol. The zero-order valence-electron chi connectivity index (χ0n) is 15.0. The molecule has 25 heavy (non-hydrogen) atoms. The van der Waals surface area contributed by atoms with Crippen LogP contribution in [0.4, 0.5) is 0 Å². The second-order valence-electron chi connectivity index (χ2n) is 7.68. The molecule has 1 nitrogen and oxygen atoms in total. The highest BCUT2D eigenvalue weighted by Crippen LogP contribution is 2.67. The minimum atomic E-state index is 0.0385. The number of hydrogen-bond donors (Lipinski definition) is 1. The van der Waals surface area contributed by atoms with Crippen LogP contribution in [0.1, 0.15) is 37.3 Å². The predicted octanol–water partition coefficient (Wildman–Crippen LogP) is 5.55. The van der Waals surface area contributed by atoms with E-state index in [0.717, 1.165) is 19.4 Å². The Bertz CT molecular complexity index is 803. The van der Waals surface area contributed by atoms with Crippen LogP contribution in [0, 0.1) is 17.3 Å². The Morgan fingerprint density at radius 1 is 1.08 bits per heavy atom. The minimum absolute atomic E-state index is 0.0385. The number of allylic oxidation sites excluding steroid dienone is 3. The van der Waals surface area contributed by atoms with Crippen LogP contribution in [0.5, 0.6) is 0 Å². The second kappa shape index (κ2) is 6.31. The van der Waals surface area contributed by atoms with Gasteiger partial charge in [0.2, 0.25) is 0 Å².